The van der Waals surface area contributed by atoms with E-state index in [0.717, 1.165) is 5.56 Å². The van der Waals surface area contributed by atoms with Crippen LogP contribution in [-0.2, 0) is 4.74 Å². The van der Waals surface area contributed by atoms with E-state index < -0.39 is 29.0 Å². The summed E-state index contributed by atoms with van der Waals surface area (Å²) in [6.45, 7) is 13.9. The first-order valence-corrected chi connectivity index (χ1v) is 14.9. The number of piperazine rings is 1. The van der Waals surface area contributed by atoms with Gasteiger partial charge in [-0.3, -0.25) is 4.98 Å². The Bertz CT molecular complexity index is 1840. The van der Waals surface area contributed by atoms with Gasteiger partial charge in [-0.2, -0.15) is 4.98 Å². The number of methoxy groups -OCH3 is 1. The van der Waals surface area contributed by atoms with Crippen molar-refractivity contribution in [2.45, 2.75) is 66.0 Å². The number of amides is 1. The van der Waals surface area contributed by atoms with E-state index in [1.54, 1.807) is 37.9 Å². The molecular weight excluding hydrogens is 582 g/mol. The predicted octanol–water partition coefficient (Wildman–Crippen LogP) is 6.01. The summed E-state index contributed by atoms with van der Waals surface area (Å²) in [5.41, 5.74) is 0.164. The number of hydrogen-bond donors (Lipinski definition) is 0. The van der Waals surface area contributed by atoms with Crippen molar-refractivity contribution in [3.8, 4) is 22.7 Å². The van der Waals surface area contributed by atoms with Gasteiger partial charge < -0.3 is 19.3 Å². The highest BCUT2D eigenvalue weighted by Crippen LogP contribution is 2.37. The van der Waals surface area contributed by atoms with E-state index in [2.05, 4.69) is 15.0 Å². The van der Waals surface area contributed by atoms with Gasteiger partial charge in [-0.25, -0.2) is 27.9 Å². The summed E-state index contributed by atoms with van der Waals surface area (Å²) in [4.78, 5) is 44.0. The quantitative estimate of drug-likeness (QED) is 0.268. The van der Waals surface area contributed by atoms with E-state index in [1.165, 1.54) is 35.9 Å². The Kier molecular flexibility index (Phi) is 8.52. The van der Waals surface area contributed by atoms with Crippen molar-refractivity contribution < 1.29 is 23.0 Å². The first-order valence-electron chi connectivity index (χ1n) is 14.9. The van der Waals surface area contributed by atoms with Crippen LogP contribution < -0.4 is 15.3 Å². The highest BCUT2D eigenvalue weighted by Gasteiger charge is 2.33. The molecule has 4 aromatic rings. The second kappa shape index (κ2) is 12.1. The summed E-state index contributed by atoms with van der Waals surface area (Å²) in [7, 11) is 1.36. The van der Waals surface area contributed by atoms with Crippen LogP contribution in [0.3, 0.4) is 0 Å². The topological polar surface area (TPSA) is 103 Å². The van der Waals surface area contributed by atoms with Gasteiger partial charge in [0.15, 0.2) is 11.5 Å². The van der Waals surface area contributed by atoms with E-state index in [0.29, 0.717) is 31.0 Å². The number of benzene rings is 1. The third kappa shape index (κ3) is 6.05. The maximum absolute atomic E-state index is 16.1. The maximum atomic E-state index is 16.1. The third-order valence-corrected chi connectivity index (χ3v) is 7.71. The molecule has 3 aromatic heterocycles. The number of carbonyl (C=O) groups excluding carboxylic acids is 1. The number of halogens is 2. The summed E-state index contributed by atoms with van der Waals surface area (Å²) in [5, 5.41) is 0.252. The number of aryl methyl sites for hydroxylation is 1. The average molecular weight is 621 g/mol. The molecule has 0 saturated carbocycles. The van der Waals surface area contributed by atoms with E-state index in [4.69, 9.17) is 9.47 Å². The molecule has 12 heteroatoms. The van der Waals surface area contributed by atoms with Crippen molar-refractivity contribution in [1.82, 2.24) is 24.4 Å². The predicted molar refractivity (Wildman–Crippen MR) is 168 cm³/mol. The van der Waals surface area contributed by atoms with Crippen LogP contribution in [0.25, 0.3) is 28.0 Å². The Hall–Kier alpha value is -4.61. The number of fused-ring (bicyclic) bond motifs is 1. The fourth-order valence-electron chi connectivity index (χ4n) is 5.66. The molecule has 0 spiro atoms. The molecule has 0 radical (unpaired) electrons. The second-order valence-electron chi connectivity index (χ2n) is 12.5. The van der Waals surface area contributed by atoms with Crippen molar-refractivity contribution in [1.29, 1.82) is 0 Å². The standard InChI is InChI=1S/C33H38F2N6O4/c1-18(2)26-28(19(3)12-13-36-26)41-30-21(16-23(35)27(37-30)25-22(34)10-9-11-24(25)44-8)29(38-31(41)42)40-15-14-39(17-20(40)4)32(43)45-33(5,6)7/h9-13,16,18,20H,14-15,17H2,1-8H3/t20-/m0/s1. The molecule has 0 bridgehead atoms. The molecule has 1 aliphatic rings. The lowest BCUT2D eigenvalue weighted by molar-refractivity contribution is 0.0218. The van der Waals surface area contributed by atoms with Gasteiger partial charge in [0.2, 0.25) is 0 Å². The molecule has 1 aliphatic heterocycles. The van der Waals surface area contributed by atoms with Crippen LogP contribution in [0, 0.1) is 18.6 Å². The van der Waals surface area contributed by atoms with Gasteiger partial charge in [0.1, 0.15) is 28.7 Å². The lowest BCUT2D eigenvalue weighted by atomic mass is 10.0. The lowest BCUT2D eigenvalue weighted by Crippen LogP contribution is -2.55. The number of nitrogens with zero attached hydrogens (tertiary/aromatic N) is 6. The molecule has 10 nitrogen and oxygen atoms in total. The van der Waals surface area contributed by atoms with Crippen molar-refractivity contribution >= 4 is 22.9 Å². The largest absolute Gasteiger partial charge is 0.496 e. The van der Waals surface area contributed by atoms with Gasteiger partial charge in [-0.1, -0.05) is 19.9 Å². The number of pyridine rings is 2. The molecule has 4 heterocycles. The maximum Gasteiger partial charge on any atom is 0.410 e. The van der Waals surface area contributed by atoms with Crippen LogP contribution in [0.4, 0.5) is 19.4 Å². The molecule has 0 N–H and O–H groups in total. The Morgan fingerprint density at radius 3 is 2.47 bits per heavy atom. The first kappa shape index (κ1) is 31.8. The molecule has 1 atom stereocenters. The number of hydrogen-bond acceptors (Lipinski definition) is 8. The van der Waals surface area contributed by atoms with Crippen LogP contribution in [0.1, 0.15) is 58.7 Å². The Morgan fingerprint density at radius 2 is 1.82 bits per heavy atom. The van der Waals surface area contributed by atoms with Crippen molar-refractivity contribution in [3.63, 3.8) is 0 Å². The van der Waals surface area contributed by atoms with Crippen LogP contribution in [0.5, 0.6) is 5.75 Å². The van der Waals surface area contributed by atoms with Gasteiger partial charge in [0, 0.05) is 31.9 Å². The zero-order valence-electron chi connectivity index (χ0n) is 26.8. The molecule has 45 heavy (non-hydrogen) atoms. The molecule has 0 aliphatic carbocycles. The minimum atomic E-state index is -0.814. The molecule has 238 valence electrons. The molecule has 1 saturated heterocycles. The van der Waals surface area contributed by atoms with E-state index >= 15 is 8.78 Å². The second-order valence-corrected chi connectivity index (χ2v) is 12.5. The molecule has 1 fully saturated rings. The molecular formula is C33H38F2N6O4. The van der Waals surface area contributed by atoms with E-state index in [-0.39, 0.29) is 45.8 Å². The Morgan fingerprint density at radius 1 is 1.09 bits per heavy atom. The highest BCUT2D eigenvalue weighted by molar-refractivity contribution is 5.91. The van der Waals surface area contributed by atoms with Gasteiger partial charge >= 0.3 is 11.8 Å². The zero-order chi connectivity index (χ0) is 32.8. The average Bonchev–Trinajstić information content (AvgIpc) is 2.96. The zero-order valence-corrected chi connectivity index (χ0v) is 26.8. The van der Waals surface area contributed by atoms with Crippen molar-refractivity contribution in [2.24, 2.45) is 0 Å². The van der Waals surface area contributed by atoms with Gasteiger partial charge in [-0.15, -0.1) is 0 Å². The van der Waals surface area contributed by atoms with Crippen molar-refractivity contribution in [3.05, 3.63) is 69.9 Å². The monoisotopic (exact) mass is 620 g/mol. The lowest BCUT2D eigenvalue weighted by Gasteiger charge is -2.41. The fourth-order valence-corrected chi connectivity index (χ4v) is 5.66. The number of anilines is 1. The summed E-state index contributed by atoms with van der Waals surface area (Å²) in [6.07, 6.45) is 1.23. The molecule has 0 unspecified atom stereocenters. The Labute approximate surface area is 260 Å². The summed E-state index contributed by atoms with van der Waals surface area (Å²) >= 11 is 0. The number of ether oxygens (including phenoxy) is 2. The molecule has 5 rings (SSSR count). The van der Waals surface area contributed by atoms with Gasteiger partial charge in [0.25, 0.3) is 0 Å². The Balaban J connectivity index is 1.75. The summed E-state index contributed by atoms with van der Waals surface area (Å²) in [6, 6.07) is 6.87. The first-order chi connectivity index (χ1) is 21.2. The minimum absolute atomic E-state index is 0.0749. The van der Waals surface area contributed by atoms with E-state index in [9.17, 15) is 9.59 Å². The minimum Gasteiger partial charge on any atom is -0.496 e. The van der Waals surface area contributed by atoms with Crippen LogP contribution in [-0.4, -0.2) is 68.9 Å². The van der Waals surface area contributed by atoms with Gasteiger partial charge in [-0.05, 0) is 70.4 Å². The van der Waals surface area contributed by atoms with Crippen LogP contribution >= 0.6 is 0 Å². The summed E-state index contributed by atoms with van der Waals surface area (Å²) < 4.78 is 43.6. The number of rotatable bonds is 5. The number of aromatic nitrogens is 4. The highest BCUT2D eigenvalue weighted by atomic mass is 19.1. The van der Waals surface area contributed by atoms with Crippen molar-refractivity contribution in [2.75, 3.05) is 31.6 Å². The van der Waals surface area contributed by atoms with Crippen LogP contribution in [0.15, 0.2) is 41.3 Å². The van der Waals surface area contributed by atoms with E-state index in [1.807, 2.05) is 32.6 Å². The van der Waals surface area contributed by atoms with Gasteiger partial charge in [0.05, 0.1) is 29.4 Å². The SMILES string of the molecule is COc1cccc(F)c1-c1nc2c(cc1F)c(N1CCN(C(=O)OC(C)(C)C)C[C@@H]1C)nc(=O)n2-c1c(C)ccnc1C(C)C. The molecule has 1 aromatic carbocycles. The van der Waals surface area contributed by atoms with Crippen LogP contribution in [0.2, 0.25) is 0 Å². The third-order valence-electron chi connectivity index (χ3n) is 7.71. The fraction of sp³-hybridized carbons (Fsp3) is 0.424. The smallest absolute Gasteiger partial charge is 0.410 e. The normalized spacial score (nSPS) is 15.6. The molecule has 1 amide bonds. The summed E-state index contributed by atoms with van der Waals surface area (Å²) in [5.74, 6) is -1.30. The number of carbonyl (C=O) groups is 1.